The molecule has 1 N–H and O–H groups in total. The van der Waals surface area contributed by atoms with Gasteiger partial charge in [-0.3, -0.25) is 14.6 Å². The molecule has 0 aliphatic heterocycles. The number of hydrogen-bond donors (Lipinski definition) is 1. The van der Waals surface area contributed by atoms with Gasteiger partial charge in [0.2, 0.25) is 0 Å². The number of ether oxygens (including phenoxy) is 1. The second-order valence-corrected chi connectivity index (χ2v) is 5.79. The number of nitrogens with zero attached hydrogens (tertiary/aromatic N) is 4. The van der Waals surface area contributed by atoms with E-state index < -0.39 is 0 Å². The Labute approximate surface area is 149 Å². The zero-order valence-electron chi connectivity index (χ0n) is 14.6. The van der Waals surface area contributed by atoms with Crippen LogP contribution < -0.4 is 5.56 Å². The molecule has 1 amide bonds. The van der Waals surface area contributed by atoms with E-state index in [1.807, 2.05) is 6.07 Å². The Morgan fingerprint density at radius 2 is 2.04 bits per heavy atom. The summed E-state index contributed by atoms with van der Waals surface area (Å²) in [7, 11) is 1.56. The van der Waals surface area contributed by atoms with Crippen molar-refractivity contribution in [2.75, 3.05) is 20.3 Å². The maximum Gasteiger partial charge on any atom is 0.274 e. The van der Waals surface area contributed by atoms with Crippen LogP contribution in [0.3, 0.4) is 0 Å². The number of para-hydroxylation sites is 1. The summed E-state index contributed by atoms with van der Waals surface area (Å²) in [4.78, 5) is 41.9. The number of hydrogen-bond acceptors (Lipinski definition) is 6. The molecule has 0 saturated carbocycles. The highest BCUT2D eigenvalue weighted by molar-refractivity contribution is 5.92. The maximum atomic E-state index is 12.8. The Kier molecular flexibility index (Phi) is 5.33. The smallest absolute Gasteiger partial charge is 0.274 e. The largest absolute Gasteiger partial charge is 0.383 e. The number of aryl methyl sites for hydroxylation is 1. The van der Waals surface area contributed by atoms with E-state index in [0.717, 1.165) is 5.69 Å². The van der Waals surface area contributed by atoms with Crippen LogP contribution in [0.4, 0.5) is 0 Å². The number of aromatic amines is 1. The third-order valence-electron chi connectivity index (χ3n) is 3.86. The number of amides is 1. The van der Waals surface area contributed by atoms with Crippen LogP contribution in [0.15, 0.2) is 41.5 Å². The molecule has 8 heteroatoms. The number of H-pyrrole nitrogens is 1. The fourth-order valence-electron chi connectivity index (χ4n) is 2.51. The van der Waals surface area contributed by atoms with Crippen molar-refractivity contribution < 1.29 is 9.53 Å². The SMILES string of the molecule is COCCN(Cc1nc2ccccc2c(=O)[nH]1)C(=O)c1cnc(C)cn1. The molecule has 1 aromatic carbocycles. The predicted molar refractivity (Wildman–Crippen MR) is 95.7 cm³/mol. The molecule has 0 radical (unpaired) electrons. The Bertz CT molecular complexity index is 968. The maximum absolute atomic E-state index is 12.8. The molecule has 0 aliphatic carbocycles. The number of rotatable bonds is 6. The van der Waals surface area contributed by atoms with E-state index in [9.17, 15) is 9.59 Å². The molecule has 0 bridgehead atoms. The average Bonchev–Trinajstić information content (AvgIpc) is 2.65. The predicted octanol–water partition coefficient (Wildman–Crippen LogP) is 1.31. The lowest BCUT2D eigenvalue weighted by Crippen LogP contribution is -2.35. The zero-order chi connectivity index (χ0) is 18.5. The molecule has 2 aromatic heterocycles. The Balaban J connectivity index is 1.89. The van der Waals surface area contributed by atoms with Crippen molar-refractivity contribution in [1.29, 1.82) is 0 Å². The molecule has 8 nitrogen and oxygen atoms in total. The van der Waals surface area contributed by atoms with Gasteiger partial charge >= 0.3 is 0 Å². The summed E-state index contributed by atoms with van der Waals surface area (Å²) in [5, 5.41) is 0.510. The quantitative estimate of drug-likeness (QED) is 0.717. The molecular formula is C18H19N5O3. The van der Waals surface area contributed by atoms with Gasteiger partial charge in [0, 0.05) is 19.9 Å². The van der Waals surface area contributed by atoms with Gasteiger partial charge in [0.15, 0.2) is 0 Å². The molecule has 0 fully saturated rings. The number of nitrogens with one attached hydrogen (secondary N) is 1. The van der Waals surface area contributed by atoms with Gasteiger partial charge in [-0.25, -0.2) is 9.97 Å². The van der Waals surface area contributed by atoms with E-state index in [4.69, 9.17) is 4.74 Å². The van der Waals surface area contributed by atoms with Gasteiger partial charge in [0.25, 0.3) is 11.5 Å². The molecular weight excluding hydrogens is 334 g/mol. The van der Waals surface area contributed by atoms with Crippen LogP contribution in [0.5, 0.6) is 0 Å². The van der Waals surface area contributed by atoms with Crippen LogP contribution in [-0.2, 0) is 11.3 Å². The van der Waals surface area contributed by atoms with Crippen molar-refractivity contribution in [2.45, 2.75) is 13.5 Å². The van der Waals surface area contributed by atoms with Crippen LogP contribution in [0.2, 0.25) is 0 Å². The Hall–Kier alpha value is -3.13. The third kappa shape index (κ3) is 3.92. The number of carbonyl (C=O) groups is 1. The fraction of sp³-hybridized carbons (Fsp3) is 0.278. The molecule has 26 heavy (non-hydrogen) atoms. The van der Waals surface area contributed by atoms with Crippen LogP contribution in [-0.4, -0.2) is 51.0 Å². The number of benzene rings is 1. The highest BCUT2D eigenvalue weighted by atomic mass is 16.5. The topological polar surface area (TPSA) is 101 Å². The van der Waals surface area contributed by atoms with E-state index >= 15 is 0 Å². The molecule has 0 saturated heterocycles. The highest BCUT2D eigenvalue weighted by Gasteiger charge is 2.19. The van der Waals surface area contributed by atoms with Crippen LogP contribution in [0.1, 0.15) is 22.0 Å². The second-order valence-electron chi connectivity index (χ2n) is 5.79. The van der Waals surface area contributed by atoms with Crippen molar-refractivity contribution in [3.05, 3.63) is 64.2 Å². The molecule has 3 rings (SSSR count). The Morgan fingerprint density at radius 3 is 2.77 bits per heavy atom. The normalized spacial score (nSPS) is 10.8. The van der Waals surface area contributed by atoms with Gasteiger partial charge in [-0.2, -0.15) is 0 Å². The van der Waals surface area contributed by atoms with E-state index in [2.05, 4.69) is 19.9 Å². The summed E-state index contributed by atoms with van der Waals surface area (Å²) in [6.45, 7) is 2.62. The first kappa shape index (κ1) is 17.7. The first-order valence-corrected chi connectivity index (χ1v) is 8.13. The fourth-order valence-corrected chi connectivity index (χ4v) is 2.51. The van der Waals surface area contributed by atoms with Crippen LogP contribution in [0.25, 0.3) is 10.9 Å². The van der Waals surface area contributed by atoms with E-state index in [1.54, 1.807) is 32.2 Å². The summed E-state index contributed by atoms with van der Waals surface area (Å²) in [6, 6.07) is 7.07. The first-order chi connectivity index (χ1) is 12.6. The number of fused-ring (bicyclic) bond motifs is 1. The van der Waals surface area contributed by atoms with Crippen molar-refractivity contribution in [3.63, 3.8) is 0 Å². The summed E-state index contributed by atoms with van der Waals surface area (Å²) < 4.78 is 5.09. The molecule has 0 spiro atoms. The molecule has 2 heterocycles. The number of methoxy groups -OCH3 is 1. The minimum Gasteiger partial charge on any atom is -0.383 e. The van der Waals surface area contributed by atoms with Crippen molar-refractivity contribution in [3.8, 4) is 0 Å². The van der Waals surface area contributed by atoms with Gasteiger partial charge in [-0.1, -0.05) is 12.1 Å². The lowest BCUT2D eigenvalue weighted by molar-refractivity contribution is 0.0669. The summed E-state index contributed by atoms with van der Waals surface area (Å²) in [5.41, 5.74) is 1.31. The lowest BCUT2D eigenvalue weighted by atomic mass is 10.2. The molecule has 0 unspecified atom stereocenters. The minimum atomic E-state index is -0.301. The monoisotopic (exact) mass is 353 g/mol. The minimum absolute atomic E-state index is 0.137. The Morgan fingerprint density at radius 1 is 1.23 bits per heavy atom. The highest BCUT2D eigenvalue weighted by Crippen LogP contribution is 2.09. The summed E-state index contributed by atoms with van der Waals surface area (Å²) in [6.07, 6.45) is 2.98. The van der Waals surface area contributed by atoms with Crippen molar-refractivity contribution >= 4 is 16.8 Å². The van der Waals surface area contributed by atoms with Crippen LogP contribution >= 0.6 is 0 Å². The first-order valence-electron chi connectivity index (χ1n) is 8.13. The van der Waals surface area contributed by atoms with Gasteiger partial charge in [-0.05, 0) is 19.1 Å². The number of aromatic nitrogens is 4. The molecule has 0 atom stereocenters. The lowest BCUT2D eigenvalue weighted by Gasteiger charge is -2.21. The second kappa shape index (κ2) is 7.83. The summed E-state index contributed by atoms with van der Waals surface area (Å²) in [5.74, 6) is 0.101. The van der Waals surface area contributed by atoms with Crippen molar-refractivity contribution in [1.82, 2.24) is 24.8 Å². The van der Waals surface area contributed by atoms with Gasteiger partial charge < -0.3 is 14.6 Å². The molecule has 3 aromatic rings. The zero-order valence-corrected chi connectivity index (χ0v) is 14.6. The average molecular weight is 353 g/mol. The summed E-state index contributed by atoms with van der Waals surface area (Å²) >= 11 is 0. The molecule has 0 aliphatic rings. The van der Waals surface area contributed by atoms with E-state index in [0.29, 0.717) is 29.9 Å². The van der Waals surface area contributed by atoms with Gasteiger partial charge in [0.1, 0.15) is 11.5 Å². The molecule has 134 valence electrons. The number of carbonyl (C=O) groups excluding carboxylic acids is 1. The van der Waals surface area contributed by atoms with Gasteiger partial charge in [-0.15, -0.1) is 0 Å². The van der Waals surface area contributed by atoms with E-state index in [-0.39, 0.29) is 23.7 Å². The van der Waals surface area contributed by atoms with E-state index in [1.165, 1.54) is 17.3 Å². The van der Waals surface area contributed by atoms with Crippen LogP contribution in [0, 0.1) is 6.92 Å². The standard InChI is InChI=1S/C18H19N5O3/c1-12-9-20-15(10-19-12)18(25)23(7-8-26-2)11-16-21-14-6-4-3-5-13(14)17(24)22-16/h3-6,9-10H,7-8,11H2,1-2H3,(H,21,22,24). The van der Waals surface area contributed by atoms with Gasteiger partial charge in [0.05, 0.1) is 35.9 Å². The third-order valence-corrected chi connectivity index (χ3v) is 3.86. The van der Waals surface area contributed by atoms with Crippen molar-refractivity contribution in [2.24, 2.45) is 0 Å².